The Morgan fingerprint density at radius 2 is 2.26 bits per heavy atom. The van der Waals surface area contributed by atoms with Crippen LogP contribution >= 0.6 is 0 Å². The van der Waals surface area contributed by atoms with Crippen LogP contribution in [0.15, 0.2) is 4.52 Å². The third kappa shape index (κ3) is 6.51. The number of nitrogens with one attached hydrogen (secondary N) is 1. The maximum absolute atomic E-state index is 11.4. The van der Waals surface area contributed by atoms with Crippen LogP contribution < -0.4 is 5.32 Å². The first-order valence-corrected chi connectivity index (χ1v) is 5.85. The Morgan fingerprint density at radius 3 is 2.84 bits per heavy atom. The van der Waals surface area contributed by atoms with Crippen LogP contribution in [0.25, 0.3) is 0 Å². The lowest BCUT2D eigenvalue weighted by Crippen LogP contribution is -2.35. The Morgan fingerprint density at radius 1 is 1.53 bits per heavy atom. The maximum atomic E-state index is 11.4. The minimum absolute atomic E-state index is 0.0174. The number of carbonyl (C=O) groups is 2. The molecule has 19 heavy (non-hydrogen) atoms. The average molecular weight is 271 g/mol. The van der Waals surface area contributed by atoms with Gasteiger partial charge in [0.2, 0.25) is 5.91 Å². The van der Waals surface area contributed by atoms with Crippen LogP contribution in [-0.2, 0) is 20.9 Å². The second-order valence-corrected chi connectivity index (χ2v) is 4.13. The van der Waals surface area contributed by atoms with Crippen molar-refractivity contribution < 1.29 is 24.0 Å². The van der Waals surface area contributed by atoms with Crippen molar-refractivity contribution in [2.75, 3.05) is 6.61 Å². The van der Waals surface area contributed by atoms with Gasteiger partial charge in [-0.25, -0.2) is 0 Å². The number of rotatable bonds is 8. The Balaban J connectivity index is 2.15. The lowest BCUT2D eigenvalue weighted by atomic mass is 10.2. The quantitative estimate of drug-likeness (QED) is 0.697. The van der Waals surface area contributed by atoms with Crippen molar-refractivity contribution >= 4 is 11.9 Å². The molecule has 1 rings (SSSR count). The number of amides is 1. The highest BCUT2D eigenvalue weighted by atomic mass is 16.5. The fourth-order valence-electron chi connectivity index (χ4n) is 1.36. The number of carboxylic acid groups (broad SMARTS) is 1. The highest BCUT2D eigenvalue weighted by Gasteiger charge is 2.10. The normalized spacial score (nSPS) is 12.1. The molecule has 1 aromatic heterocycles. The molecule has 0 aliphatic rings. The molecule has 8 heteroatoms. The molecule has 106 valence electrons. The van der Waals surface area contributed by atoms with Crippen molar-refractivity contribution in [2.45, 2.75) is 39.3 Å². The lowest BCUT2D eigenvalue weighted by Gasteiger charge is -2.12. The first kappa shape index (κ1) is 15.1. The summed E-state index contributed by atoms with van der Waals surface area (Å²) in [6, 6.07) is -0.210. The van der Waals surface area contributed by atoms with Crippen LogP contribution in [0, 0.1) is 6.92 Å². The zero-order valence-electron chi connectivity index (χ0n) is 10.9. The van der Waals surface area contributed by atoms with Gasteiger partial charge in [0.05, 0.1) is 0 Å². The minimum atomic E-state index is -0.885. The van der Waals surface area contributed by atoms with Gasteiger partial charge in [0, 0.05) is 12.5 Å². The predicted octanol–water partition coefficient (Wildman–Crippen LogP) is 0.264. The summed E-state index contributed by atoms with van der Waals surface area (Å²) < 4.78 is 9.91. The van der Waals surface area contributed by atoms with Gasteiger partial charge in [0.15, 0.2) is 5.82 Å². The predicted molar refractivity (Wildman–Crippen MR) is 63.2 cm³/mol. The van der Waals surface area contributed by atoms with Crippen molar-refractivity contribution in [1.29, 1.82) is 0 Å². The maximum Gasteiger partial charge on any atom is 0.303 e. The van der Waals surface area contributed by atoms with Crippen LogP contribution in [0.5, 0.6) is 0 Å². The standard InChI is InChI=1S/C11H17N3O5/c1-7(3-4-11(16)17)12-9(15)5-18-6-10-13-8(2)14-19-10/h7H,3-6H2,1-2H3,(H,12,15)(H,16,17). The van der Waals surface area contributed by atoms with Crippen molar-refractivity contribution in [3.05, 3.63) is 11.7 Å². The van der Waals surface area contributed by atoms with E-state index in [4.69, 9.17) is 14.4 Å². The van der Waals surface area contributed by atoms with E-state index >= 15 is 0 Å². The monoisotopic (exact) mass is 271 g/mol. The van der Waals surface area contributed by atoms with Gasteiger partial charge < -0.3 is 19.7 Å². The molecule has 1 amide bonds. The summed E-state index contributed by atoms with van der Waals surface area (Å²) in [5.74, 6) is -0.382. The summed E-state index contributed by atoms with van der Waals surface area (Å²) in [5, 5.41) is 14.7. The molecule has 0 radical (unpaired) electrons. The summed E-state index contributed by atoms with van der Waals surface area (Å²) in [6.45, 7) is 3.35. The van der Waals surface area contributed by atoms with E-state index in [0.717, 1.165) is 0 Å². The molecule has 0 saturated heterocycles. The van der Waals surface area contributed by atoms with E-state index in [1.54, 1.807) is 13.8 Å². The molecule has 0 aliphatic carbocycles. The fraction of sp³-hybridized carbons (Fsp3) is 0.636. The second-order valence-electron chi connectivity index (χ2n) is 4.13. The van der Waals surface area contributed by atoms with Crippen molar-refractivity contribution in [1.82, 2.24) is 15.5 Å². The summed E-state index contributed by atoms with van der Waals surface area (Å²) in [5.41, 5.74) is 0. The summed E-state index contributed by atoms with van der Waals surface area (Å²) in [4.78, 5) is 25.7. The van der Waals surface area contributed by atoms with E-state index in [0.29, 0.717) is 18.1 Å². The molecular formula is C11H17N3O5. The van der Waals surface area contributed by atoms with Gasteiger partial charge in [-0.1, -0.05) is 5.16 Å². The van der Waals surface area contributed by atoms with E-state index in [-0.39, 0.29) is 31.6 Å². The van der Waals surface area contributed by atoms with E-state index in [9.17, 15) is 9.59 Å². The minimum Gasteiger partial charge on any atom is -0.481 e. The number of hydrogen-bond donors (Lipinski definition) is 2. The van der Waals surface area contributed by atoms with Gasteiger partial charge in [-0.05, 0) is 20.3 Å². The number of aliphatic carboxylic acids is 1. The molecule has 0 fully saturated rings. The first-order chi connectivity index (χ1) is 8.97. The number of ether oxygens (including phenoxy) is 1. The molecular weight excluding hydrogens is 254 g/mol. The zero-order valence-corrected chi connectivity index (χ0v) is 10.9. The third-order valence-corrected chi connectivity index (χ3v) is 2.23. The first-order valence-electron chi connectivity index (χ1n) is 5.85. The number of nitrogens with zero attached hydrogens (tertiary/aromatic N) is 2. The lowest BCUT2D eigenvalue weighted by molar-refractivity contribution is -0.137. The second kappa shape index (κ2) is 7.47. The van der Waals surface area contributed by atoms with E-state index < -0.39 is 5.97 Å². The van der Waals surface area contributed by atoms with Gasteiger partial charge in [0.1, 0.15) is 13.2 Å². The van der Waals surface area contributed by atoms with E-state index in [2.05, 4.69) is 15.5 Å². The van der Waals surface area contributed by atoms with E-state index in [1.807, 2.05) is 0 Å². The molecule has 2 N–H and O–H groups in total. The highest BCUT2D eigenvalue weighted by molar-refractivity contribution is 5.77. The van der Waals surface area contributed by atoms with Crippen LogP contribution in [0.1, 0.15) is 31.5 Å². The molecule has 1 unspecified atom stereocenters. The van der Waals surface area contributed by atoms with Crippen molar-refractivity contribution in [3.8, 4) is 0 Å². The number of aromatic nitrogens is 2. The Kier molecular flexibility index (Phi) is 5.94. The molecule has 1 atom stereocenters. The average Bonchev–Trinajstić information content (AvgIpc) is 2.72. The van der Waals surface area contributed by atoms with Crippen molar-refractivity contribution in [2.24, 2.45) is 0 Å². The molecule has 1 aromatic rings. The Bertz CT molecular complexity index is 432. The molecule has 0 spiro atoms. The number of carbonyl (C=O) groups excluding carboxylic acids is 1. The number of carboxylic acids is 1. The third-order valence-electron chi connectivity index (χ3n) is 2.23. The smallest absolute Gasteiger partial charge is 0.303 e. The Hall–Kier alpha value is -1.96. The topological polar surface area (TPSA) is 115 Å². The van der Waals surface area contributed by atoms with Gasteiger partial charge >= 0.3 is 5.97 Å². The zero-order chi connectivity index (χ0) is 14.3. The number of aryl methyl sites for hydroxylation is 1. The highest BCUT2D eigenvalue weighted by Crippen LogP contribution is 1.99. The largest absolute Gasteiger partial charge is 0.481 e. The SMILES string of the molecule is Cc1noc(COCC(=O)NC(C)CCC(=O)O)n1. The van der Waals surface area contributed by atoms with E-state index in [1.165, 1.54) is 0 Å². The molecule has 8 nitrogen and oxygen atoms in total. The summed E-state index contributed by atoms with van der Waals surface area (Å²) >= 11 is 0. The van der Waals surface area contributed by atoms with Crippen molar-refractivity contribution in [3.63, 3.8) is 0 Å². The Labute approximate surface area is 110 Å². The molecule has 0 aromatic carbocycles. The fourth-order valence-corrected chi connectivity index (χ4v) is 1.36. The van der Waals surface area contributed by atoms with Gasteiger partial charge in [-0.2, -0.15) is 4.98 Å². The van der Waals surface area contributed by atoms with Gasteiger partial charge in [-0.15, -0.1) is 0 Å². The van der Waals surface area contributed by atoms with Crippen LogP contribution in [-0.4, -0.2) is 39.8 Å². The molecule has 0 bridgehead atoms. The van der Waals surface area contributed by atoms with Crippen LogP contribution in [0.3, 0.4) is 0 Å². The number of hydrogen-bond acceptors (Lipinski definition) is 6. The van der Waals surface area contributed by atoms with Crippen LogP contribution in [0.2, 0.25) is 0 Å². The van der Waals surface area contributed by atoms with Gasteiger partial charge in [0.25, 0.3) is 5.89 Å². The summed E-state index contributed by atoms with van der Waals surface area (Å²) in [6.07, 6.45) is 0.396. The molecule has 0 aliphatic heterocycles. The van der Waals surface area contributed by atoms with Crippen LogP contribution in [0.4, 0.5) is 0 Å². The summed E-state index contributed by atoms with van der Waals surface area (Å²) in [7, 11) is 0. The molecule has 0 saturated carbocycles. The molecule has 1 heterocycles. The van der Waals surface area contributed by atoms with Gasteiger partial charge in [-0.3, -0.25) is 9.59 Å².